The van der Waals surface area contributed by atoms with E-state index in [0.29, 0.717) is 5.02 Å². The first-order valence-electron chi connectivity index (χ1n) is 5.40. The highest BCUT2D eigenvalue weighted by Gasteiger charge is 2.19. The molecule has 0 saturated carbocycles. The van der Waals surface area contributed by atoms with Crippen LogP contribution in [-0.4, -0.2) is 23.9 Å². The molecule has 0 bridgehead atoms. The smallest absolute Gasteiger partial charge is 0.265 e. The van der Waals surface area contributed by atoms with Crippen LogP contribution in [0.15, 0.2) is 35.5 Å². The fraction of sp³-hybridized carbons (Fsp3) is 0.0909. The minimum absolute atomic E-state index is 0.0782. The maximum atomic E-state index is 12.1. The van der Waals surface area contributed by atoms with Crippen LogP contribution in [0.2, 0.25) is 5.02 Å². The normalized spacial score (nSPS) is 11.3. The van der Waals surface area contributed by atoms with Crippen LogP contribution < -0.4 is 10.5 Å². The predicted molar refractivity (Wildman–Crippen MR) is 74.0 cm³/mol. The third kappa shape index (κ3) is 2.91. The second-order valence-electron chi connectivity index (χ2n) is 4.00. The Morgan fingerprint density at radius 1 is 1.45 bits per heavy atom. The summed E-state index contributed by atoms with van der Waals surface area (Å²) >= 11 is 5.66. The second kappa shape index (κ2) is 5.14. The Hall–Kier alpha value is -2.06. The molecule has 0 fully saturated rings. The van der Waals surface area contributed by atoms with Crippen molar-refractivity contribution < 1.29 is 13.2 Å². The van der Waals surface area contributed by atoms with Gasteiger partial charge in [-0.25, -0.2) is 13.4 Å². The third-order valence-electron chi connectivity index (χ3n) is 2.51. The van der Waals surface area contributed by atoms with E-state index in [1.54, 1.807) is 0 Å². The van der Waals surface area contributed by atoms with E-state index in [-0.39, 0.29) is 16.4 Å². The Labute approximate surface area is 120 Å². The molecule has 0 radical (unpaired) electrons. The molecular weight excluding hydrogens is 304 g/mol. The number of nitrogens with zero attached hydrogens (tertiary/aromatic N) is 2. The quantitative estimate of drug-likeness (QED) is 0.876. The van der Waals surface area contributed by atoms with Crippen molar-refractivity contribution in [2.75, 3.05) is 4.72 Å². The fourth-order valence-electron chi connectivity index (χ4n) is 1.56. The Bertz CT molecular complexity index is 752. The van der Waals surface area contributed by atoms with Crippen LogP contribution in [0.1, 0.15) is 10.5 Å². The number of aryl methyl sites for hydroxylation is 1. The number of carbonyl (C=O) groups is 1. The van der Waals surface area contributed by atoms with Gasteiger partial charge >= 0.3 is 0 Å². The Morgan fingerprint density at radius 3 is 2.65 bits per heavy atom. The van der Waals surface area contributed by atoms with Gasteiger partial charge in [-0.2, -0.15) is 0 Å². The number of rotatable bonds is 4. The Kier molecular flexibility index (Phi) is 3.69. The fourth-order valence-corrected chi connectivity index (χ4v) is 2.75. The molecule has 2 rings (SSSR count). The van der Waals surface area contributed by atoms with Crippen molar-refractivity contribution in [3.8, 4) is 0 Å². The van der Waals surface area contributed by atoms with E-state index in [2.05, 4.69) is 9.71 Å². The number of hydrogen-bond donors (Lipinski definition) is 2. The topological polar surface area (TPSA) is 107 Å². The average Bonchev–Trinajstić information content (AvgIpc) is 2.75. The lowest BCUT2D eigenvalue weighted by Gasteiger charge is -2.05. The average molecular weight is 315 g/mol. The number of aromatic nitrogens is 2. The largest absolute Gasteiger partial charge is 0.364 e. The van der Waals surface area contributed by atoms with Gasteiger partial charge in [-0.3, -0.25) is 9.52 Å². The van der Waals surface area contributed by atoms with Gasteiger partial charge < -0.3 is 10.3 Å². The molecule has 20 heavy (non-hydrogen) atoms. The number of amides is 1. The monoisotopic (exact) mass is 314 g/mol. The molecule has 0 aliphatic heterocycles. The molecule has 7 nitrogen and oxygen atoms in total. The summed E-state index contributed by atoms with van der Waals surface area (Å²) < 4.78 is 27.9. The second-order valence-corrected chi connectivity index (χ2v) is 6.12. The van der Waals surface area contributed by atoms with Crippen LogP contribution in [0.5, 0.6) is 0 Å². The molecule has 0 saturated heterocycles. The van der Waals surface area contributed by atoms with Crippen LogP contribution in [-0.2, 0) is 17.1 Å². The lowest BCUT2D eigenvalue weighted by Crippen LogP contribution is -2.14. The molecule has 0 unspecified atom stereocenters. The van der Waals surface area contributed by atoms with Crippen LogP contribution in [0.25, 0.3) is 0 Å². The van der Waals surface area contributed by atoms with E-state index in [9.17, 15) is 13.2 Å². The molecular formula is C11H11ClN4O3S. The van der Waals surface area contributed by atoms with Crippen molar-refractivity contribution >= 4 is 33.3 Å². The van der Waals surface area contributed by atoms with E-state index in [1.807, 2.05) is 0 Å². The van der Waals surface area contributed by atoms with Crippen molar-refractivity contribution in [2.24, 2.45) is 12.8 Å². The van der Waals surface area contributed by atoms with Crippen molar-refractivity contribution in [3.05, 3.63) is 41.3 Å². The molecule has 3 N–H and O–H groups in total. The molecule has 106 valence electrons. The van der Waals surface area contributed by atoms with Gasteiger partial charge in [0, 0.05) is 19.4 Å². The number of sulfonamides is 1. The van der Waals surface area contributed by atoms with Gasteiger partial charge in [-0.05, 0) is 18.2 Å². The highest BCUT2D eigenvalue weighted by Crippen LogP contribution is 2.17. The Balaban J connectivity index is 2.33. The van der Waals surface area contributed by atoms with Gasteiger partial charge in [0.25, 0.3) is 15.9 Å². The molecule has 0 aliphatic carbocycles. The zero-order chi connectivity index (χ0) is 14.9. The summed E-state index contributed by atoms with van der Waals surface area (Å²) in [5, 5.41) is 0.392. The van der Waals surface area contributed by atoms with Gasteiger partial charge in [0.2, 0.25) is 0 Å². The van der Waals surface area contributed by atoms with Crippen molar-refractivity contribution in [2.45, 2.75) is 4.90 Å². The number of nitrogens with two attached hydrogens (primary N) is 1. The maximum Gasteiger partial charge on any atom is 0.265 e. The Morgan fingerprint density at radius 2 is 2.15 bits per heavy atom. The summed E-state index contributed by atoms with van der Waals surface area (Å²) in [7, 11) is -2.32. The summed E-state index contributed by atoms with van der Waals surface area (Å²) in [4.78, 5) is 14.9. The highest BCUT2D eigenvalue weighted by atomic mass is 35.5. The van der Waals surface area contributed by atoms with Crippen LogP contribution in [0.4, 0.5) is 5.82 Å². The van der Waals surface area contributed by atoms with Gasteiger partial charge in [-0.15, -0.1) is 0 Å². The summed E-state index contributed by atoms with van der Waals surface area (Å²) in [6.07, 6.45) is 2.61. The number of primary amides is 1. The number of hydrogen-bond acceptors (Lipinski definition) is 4. The number of nitrogens with one attached hydrogen (secondary N) is 1. The number of carbonyl (C=O) groups excluding carboxylic acids is 1. The number of halogens is 1. The van der Waals surface area contributed by atoms with E-state index in [0.717, 1.165) is 0 Å². The molecule has 2 aromatic rings. The standard InChI is InChI=1S/C11H11ClN4O3S/c1-16-6-8(4-9(16)11(13)17)20(18,19)15-10-3-2-7(12)5-14-10/h2-6H,1H3,(H2,13,17)(H,14,15). The van der Waals surface area contributed by atoms with E-state index >= 15 is 0 Å². The molecule has 0 aliphatic rings. The van der Waals surface area contributed by atoms with Gasteiger partial charge in [0.15, 0.2) is 0 Å². The number of anilines is 1. The van der Waals surface area contributed by atoms with Gasteiger partial charge in [0.05, 0.1) is 5.02 Å². The third-order valence-corrected chi connectivity index (χ3v) is 4.05. The van der Waals surface area contributed by atoms with E-state index in [1.165, 1.54) is 42.2 Å². The van der Waals surface area contributed by atoms with Crippen molar-refractivity contribution in [1.29, 1.82) is 0 Å². The molecule has 0 spiro atoms. The van der Waals surface area contributed by atoms with Crippen LogP contribution >= 0.6 is 11.6 Å². The first kappa shape index (κ1) is 14.4. The first-order chi connectivity index (χ1) is 9.29. The summed E-state index contributed by atoms with van der Waals surface area (Å²) in [5.74, 6) is -0.586. The lowest BCUT2D eigenvalue weighted by atomic mass is 10.4. The van der Waals surface area contributed by atoms with E-state index in [4.69, 9.17) is 17.3 Å². The minimum Gasteiger partial charge on any atom is -0.364 e. The molecule has 2 aromatic heterocycles. The molecule has 0 atom stereocenters. The molecule has 2 heterocycles. The zero-order valence-electron chi connectivity index (χ0n) is 10.4. The van der Waals surface area contributed by atoms with E-state index < -0.39 is 15.9 Å². The molecule has 9 heteroatoms. The predicted octanol–water partition coefficient (Wildman–Crippen LogP) is 0.973. The van der Waals surface area contributed by atoms with Gasteiger partial charge in [-0.1, -0.05) is 11.6 Å². The summed E-state index contributed by atoms with van der Waals surface area (Å²) in [5.41, 5.74) is 5.23. The summed E-state index contributed by atoms with van der Waals surface area (Å²) in [6.45, 7) is 0. The first-order valence-corrected chi connectivity index (χ1v) is 7.26. The molecule has 0 aromatic carbocycles. The zero-order valence-corrected chi connectivity index (χ0v) is 11.9. The molecule has 1 amide bonds. The van der Waals surface area contributed by atoms with Gasteiger partial charge in [0.1, 0.15) is 16.4 Å². The number of pyridine rings is 1. The van der Waals surface area contributed by atoms with Crippen LogP contribution in [0, 0.1) is 0 Å². The SMILES string of the molecule is Cn1cc(S(=O)(=O)Nc2ccc(Cl)cn2)cc1C(N)=O. The summed E-state index contributed by atoms with van der Waals surface area (Å²) in [6, 6.07) is 4.13. The lowest BCUT2D eigenvalue weighted by molar-refractivity contribution is 0.0992. The minimum atomic E-state index is -3.85. The maximum absolute atomic E-state index is 12.1. The van der Waals surface area contributed by atoms with Crippen LogP contribution in [0.3, 0.4) is 0 Å². The van der Waals surface area contributed by atoms with Crippen molar-refractivity contribution in [1.82, 2.24) is 9.55 Å². The van der Waals surface area contributed by atoms with Crippen molar-refractivity contribution in [3.63, 3.8) is 0 Å². The highest BCUT2D eigenvalue weighted by molar-refractivity contribution is 7.92.